The van der Waals surface area contributed by atoms with Crippen LogP contribution in [0.1, 0.15) is 24.2 Å². The van der Waals surface area contributed by atoms with Gasteiger partial charge in [-0.05, 0) is 13.0 Å². The quantitative estimate of drug-likeness (QED) is 0.661. The summed E-state index contributed by atoms with van der Waals surface area (Å²) in [5.41, 5.74) is 2.77. The highest BCUT2D eigenvalue weighted by molar-refractivity contribution is 5.56. The molecule has 0 N–H and O–H groups in total. The molecule has 8 heteroatoms. The minimum absolute atomic E-state index is 0.0104. The van der Waals surface area contributed by atoms with Crippen LogP contribution in [0, 0.1) is 5.95 Å². The third-order valence-corrected chi connectivity index (χ3v) is 4.75. The molecule has 4 rings (SSSR count). The molecule has 138 valence electrons. The molecule has 1 aliphatic rings. The van der Waals surface area contributed by atoms with Crippen LogP contribution in [0.3, 0.4) is 0 Å². The molecule has 0 radical (unpaired) electrons. The predicted molar refractivity (Wildman–Crippen MR) is 101 cm³/mol. The molecule has 0 spiro atoms. The first kappa shape index (κ1) is 17.3. The molecule has 0 saturated carbocycles. The smallest absolute Gasteiger partial charge is 0.216 e. The van der Waals surface area contributed by atoms with Gasteiger partial charge in [-0.3, -0.25) is 0 Å². The van der Waals surface area contributed by atoms with Gasteiger partial charge in [0, 0.05) is 69.0 Å². The monoisotopic (exact) mass is 365 g/mol. The van der Waals surface area contributed by atoms with Crippen molar-refractivity contribution in [1.82, 2.24) is 24.9 Å². The Morgan fingerprint density at radius 3 is 2.59 bits per heavy atom. The molecule has 3 aromatic rings. The molecule has 1 atom stereocenters. The van der Waals surface area contributed by atoms with E-state index in [1.165, 1.54) is 6.07 Å². The van der Waals surface area contributed by atoms with Crippen molar-refractivity contribution in [2.75, 3.05) is 30.4 Å². The maximum Gasteiger partial charge on any atom is 0.216 e. The fourth-order valence-corrected chi connectivity index (χ4v) is 3.27. The van der Waals surface area contributed by atoms with Crippen LogP contribution < -0.4 is 9.80 Å². The van der Waals surface area contributed by atoms with Crippen molar-refractivity contribution in [3.05, 3.63) is 54.0 Å². The summed E-state index contributed by atoms with van der Waals surface area (Å²) in [5, 5.41) is 0. The number of halogens is 1. The molecule has 1 aliphatic heterocycles. The van der Waals surface area contributed by atoms with Crippen molar-refractivity contribution >= 4 is 11.5 Å². The van der Waals surface area contributed by atoms with Gasteiger partial charge in [0.2, 0.25) is 5.95 Å². The summed E-state index contributed by atoms with van der Waals surface area (Å²) in [6.45, 7) is 2.76. The molecule has 0 fully saturated rings. The molecule has 0 bridgehead atoms. The highest BCUT2D eigenvalue weighted by Crippen LogP contribution is 2.33. The Kier molecular flexibility index (Phi) is 4.39. The van der Waals surface area contributed by atoms with Crippen molar-refractivity contribution < 1.29 is 4.39 Å². The molecular weight excluding hydrogens is 345 g/mol. The number of anilines is 2. The number of pyridine rings is 1. The molecular formula is C19H20FN7. The first-order chi connectivity index (χ1) is 13.0. The van der Waals surface area contributed by atoms with Crippen LogP contribution in [0.5, 0.6) is 0 Å². The first-order valence-corrected chi connectivity index (χ1v) is 8.77. The van der Waals surface area contributed by atoms with Crippen LogP contribution >= 0.6 is 0 Å². The van der Waals surface area contributed by atoms with Gasteiger partial charge < -0.3 is 9.80 Å². The summed E-state index contributed by atoms with van der Waals surface area (Å²) in [6.07, 6.45) is 5.88. The van der Waals surface area contributed by atoms with Gasteiger partial charge in [-0.1, -0.05) is 0 Å². The lowest BCUT2D eigenvalue weighted by molar-refractivity contribution is 0.562. The summed E-state index contributed by atoms with van der Waals surface area (Å²) in [6, 6.07) is 5.08. The van der Waals surface area contributed by atoms with Crippen LogP contribution in [-0.4, -0.2) is 45.6 Å². The molecule has 0 saturated heterocycles. The van der Waals surface area contributed by atoms with E-state index in [0.29, 0.717) is 24.0 Å². The Bertz CT molecular complexity index is 962. The number of rotatable bonds is 3. The molecule has 7 nitrogen and oxygen atoms in total. The van der Waals surface area contributed by atoms with Crippen LogP contribution in [0.15, 0.2) is 36.8 Å². The second kappa shape index (κ2) is 6.86. The Labute approximate surface area is 157 Å². The summed E-state index contributed by atoms with van der Waals surface area (Å²) < 4.78 is 14.0. The average molecular weight is 365 g/mol. The lowest BCUT2D eigenvalue weighted by atomic mass is 9.99. The molecule has 3 aromatic heterocycles. The van der Waals surface area contributed by atoms with Gasteiger partial charge in [0.25, 0.3) is 0 Å². The number of hydrogen-bond donors (Lipinski definition) is 0. The maximum absolute atomic E-state index is 14.0. The van der Waals surface area contributed by atoms with E-state index in [2.05, 4.69) is 36.7 Å². The van der Waals surface area contributed by atoms with E-state index < -0.39 is 5.95 Å². The number of nitrogens with zero attached hydrogens (tertiary/aromatic N) is 7. The minimum atomic E-state index is -0.484. The fraction of sp³-hybridized carbons (Fsp3) is 0.316. The van der Waals surface area contributed by atoms with Gasteiger partial charge in [-0.2, -0.15) is 4.39 Å². The Morgan fingerprint density at radius 1 is 1.07 bits per heavy atom. The van der Waals surface area contributed by atoms with Gasteiger partial charge in [0.05, 0.1) is 11.7 Å². The van der Waals surface area contributed by atoms with Crippen molar-refractivity contribution in [2.24, 2.45) is 0 Å². The second-order valence-corrected chi connectivity index (χ2v) is 6.69. The highest BCUT2D eigenvalue weighted by atomic mass is 19.1. The Balaban J connectivity index is 1.67. The number of aromatic nitrogens is 5. The fourth-order valence-electron chi connectivity index (χ4n) is 3.27. The van der Waals surface area contributed by atoms with Crippen LogP contribution in [0.2, 0.25) is 0 Å². The third kappa shape index (κ3) is 3.30. The maximum atomic E-state index is 14.0. The van der Waals surface area contributed by atoms with Crippen LogP contribution in [0.4, 0.5) is 15.9 Å². The zero-order valence-electron chi connectivity index (χ0n) is 15.5. The lowest BCUT2D eigenvalue weighted by Gasteiger charge is -2.35. The van der Waals surface area contributed by atoms with Crippen molar-refractivity contribution in [1.29, 1.82) is 0 Å². The van der Waals surface area contributed by atoms with Crippen molar-refractivity contribution in [3.8, 4) is 11.6 Å². The van der Waals surface area contributed by atoms with E-state index in [9.17, 15) is 4.39 Å². The van der Waals surface area contributed by atoms with E-state index in [-0.39, 0.29) is 6.04 Å². The normalized spacial score (nSPS) is 16.1. The minimum Gasteiger partial charge on any atom is -0.377 e. The summed E-state index contributed by atoms with van der Waals surface area (Å²) in [5.74, 6) is 1.17. The van der Waals surface area contributed by atoms with Crippen LogP contribution in [0.25, 0.3) is 11.6 Å². The van der Waals surface area contributed by atoms with Gasteiger partial charge >= 0.3 is 0 Å². The van der Waals surface area contributed by atoms with Gasteiger partial charge in [0.15, 0.2) is 11.6 Å². The largest absolute Gasteiger partial charge is 0.377 e. The van der Waals surface area contributed by atoms with E-state index in [0.717, 1.165) is 23.4 Å². The number of fused-ring (bicyclic) bond motifs is 1. The van der Waals surface area contributed by atoms with Gasteiger partial charge in [0.1, 0.15) is 5.82 Å². The Morgan fingerprint density at radius 2 is 1.85 bits per heavy atom. The van der Waals surface area contributed by atoms with Gasteiger partial charge in [-0.15, -0.1) is 0 Å². The van der Waals surface area contributed by atoms with E-state index >= 15 is 0 Å². The summed E-state index contributed by atoms with van der Waals surface area (Å²) in [7, 11) is 3.77. The predicted octanol–water partition coefficient (Wildman–Crippen LogP) is 2.66. The zero-order chi connectivity index (χ0) is 19.0. The zero-order valence-corrected chi connectivity index (χ0v) is 15.5. The third-order valence-electron chi connectivity index (χ3n) is 4.75. The average Bonchev–Trinajstić information content (AvgIpc) is 2.68. The second-order valence-electron chi connectivity index (χ2n) is 6.69. The molecule has 0 aliphatic carbocycles. The summed E-state index contributed by atoms with van der Waals surface area (Å²) >= 11 is 0. The molecule has 0 unspecified atom stereocenters. The number of hydrogen-bond acceptors (Lipinski definition) is 7. The van der Waals surface area contributed by atoms with Crippen LogP contribution in [-0.2, 0) is 6.42 Å². The van der Waals surface area contributed by atoms with E-state index in [4.69, 9.17) is 0 Å². The molecule has 0 amide bonds. The van der Waals surface area contributed by atoms with Crippen molar-refractivity contribution in [2.45, 2.75) is 19.4 Å². The first-order valence-electron chi connectivity index (χ1n) is 8.77. The lowest BCUT2D eigenvalue weighted by Crippen LogP contribution is -2.35. The Hall–Kier alpha value is -3.16. The molecule has 4 heterocycles. The summed E-state index contributed by atoms with van der Waals surface area (Å²) in [4.78, 5) is 25.6. The van der Waals surface area contributed by atoms with E-state index in [1.54, 1.807) is 18.5 Å². The molecule has 27 heavy (non-hydrogen) atoms. The van der Waals surface area contributed by atoms with Crippen molar-refractivity contribution in [3.63, 3.8) is 0 Å². The standard InChI is InChI=1S/C19H20FN7/c1-12-14-11-23-19(18-21-6-4-7-22-18)24-15(14)5-8-27(12)17-10-13(26(2)3)9-16(20)25-17/h4,6-7,9-12H,5,8H2,1-3H3/t12-/m1/s1. The van der Waals surface area contributed by atoms with Gasteiger partial charge in [-0.25, -0.2) is 24.9 Å². The topological polar surface area (TPSA) is 70.9 Å². The SMILES string of the molecule is C[C@@H]1c2cnc(-c3ncccn3)nc2CCN1c1cc(N(C)C)cc(F)n1. The highest BCUT2D eigenvalue weighted by Gasteiger charge is 2.27. The molecule has 0 aromatic carbocycles. The van der Waals surface area contributed by atoms with E-state index in [1.807, 2.05) is 31.3 Å².